The smallest absolute Gasteiger partial charge is 0.185 e. The van der Waals surface area contributed by atoms with Gasteiger partial charge in [0, 0.05) is 48.3 Å². The Hall–Kier alpha value is -3.56. The Morgan fingerprint density at radius 3 is 1.26 bits per heavy atom. The van der Waals surface area contributed by atoms with Crippen molar-refractivity contribution in [2.24, 2.45) is 0 Å². The number of ether oxygens (including phenoxy) is 2. The molecule has 4 rings (SSSR count). The van der Waals surface area contributed by atoms with Crippen LogP contribution < -0.4 is 19.3 Å². The minimum Gasteiger partial charge on any atom is -0.495 e. The molecule has 4 aromatic rings. The number of benzene rings is 4. The normalized spacial score (nSPS) is 10.8. The fraction of sp³-hybridized carbons (Fsp3) is 0.167. The van der Waals surface area contributed by atoms with E-state index in [0.717, 1.165) is 31.4 Å². The summed E-state index contributed by atoms with van der Waals surface area (Å²) in [4.78, 5) is 28.5. The number of halogens is 4. The van der Waals surface area contributed by atoms with Crippen molar-refractivity contribution < 1.29 is 19.1 Å². The number of hydrogen-bond donors (Lipinski definition) is 0. The van der Waals surface area contributed by atoms with Gasteiger partial charge in [-0.15, -0.1) is 0 Å². The molecule has 240 valence electrons. The maximum absolute atomic E-state index is 12.2. The highest BCUT2D eigenvalue weighted by molar-refractivity contribution is 9.11. The first-order valence-electron chi connectivity index (χ1n) is 13.9. The monoisotopic (exact) mass is 786 g/mol. The van der Waals surface area contributed by atoms with E-state index in [1.165, 1.54) is 26.4 Å². The van der Waals surface area contributed by atoms with Crippen LogP contribution >= 0.6 is 55.1 Å². The van der Waals surface area contributed by atoms with Crippen molar-refractivity contribution in [2.75, 3.05) is 52.2 Å². The molecule has 0 N–H and O–H groups in total. The molecule has 46 heavy (non-hydrogen) atoms. The Morgan fingerprint density at radius 1 is 0.609 bits per heavy atom. The summed E-state index contributed by atoms with van der Waals surface area (Å²) in [5.41, 5.74) is 5.09. The SMILES string of the molecule is COc1ccc(C(=O)/C=C/c2ccc(N(C)C)c(Br)c2)cc1Cl.COc1ccc(C(=O)/C=C/c2ccc(N(C)C)c(Br)c2)cc1Cl. The van der Waals surface area contributed by atoms with E-state index in [1.54, 1.807) is 48.6 Å². The third-order valence-corrected chi connectivity index (χ3v) is 8.50. The number of nitrogens with zero attached hydrogens (tertiary/aromatic N) is 2. The van der Waals surface area contributed by atoms with Crippen LogP contribution in [-0.4, -0.2) is 54.0 Å². The topological polar surface area (TPSA) is 59.1 Å². The number of carbonyl (C=O) groups excluding carboxylic acids is 2. The van der Waals surface area contributed by atoms with Crippen LogP contribution in [0.3, 0.4) is 0 Å². The van der Waals surface area contributed by atoms with Crippen LogP contribution in [0, 0.1) is 0 Å². The number of anilines is 2. The van der Waals surface area contributed by atoms with Gasteiger partial charge < -0.3 is 19.3 Å². The van der Waals surface area contributed by atoms with E-state index >= 15 is 0 Å². The van der Waals surface area contributed by atoms with Crippen LogP contribution in [0.4, 0.5) is 11.4 Å². The summed E-state index contributed by atoms with van der Waals surface area (Å²) < 4.78 is 12.1. The van der Waals surface area contributed by atoms with E-state index in [-0.39, 0.29) is 11.6 Å². The molecule has 0 fully saturated rings. The molecule has 0 aliphatic carbocycles. The van der Waals surface area contributed by atoms with Gasteiger partial charge in [-0.1, -0.05) is 47.5 Å². The van der Waals surface area contributed by atoms with Gasteiger partial charge in [-0.3, -0.25) is 9.59 Å². The first kappa shape index (κ1) is 36.9. The Bertz CT molecular complexity index is 1640. The summed E-state index contributed by atoms with van der Waals surface area (Å²) in [7, 11) is 11.0. The van der Waals surface area contributed by atoms with Crippen molar-refractivity contribution >= 4 is 90.2 Å². The van der Waals surface area contributed by atoms with Gasteiger partial charge in [-0.05, 0) is 116 Å². The molecule has 4 aromatic carbocycles. The maximum Gasteiger partial charge on any atom is 0.185 e. The molecule has 0 unspecified atom stereocenters. The van der Waals surface area contributed by atoms with Gasteiger partial charge in [-0.2, -0.15) is 0 Å². The van der Waals surface area contributed by atoms with E-state index < -0.39 is 0 Å². The van der Waals surface area contributed by atoms with Gasteiger partial charge in [0.1, 0.15) is 11.5 Å². The third-order valence-electron chi connectivity index (χ3n) is 6.63. The van der Waals surface area contributed by atoms with E-state index in [0.29, 0.717) is 32.7 Å². The second-order valence-electron chi connectivity index (χ2n) is 10.3. The van der Waals surface area contributed by atoms with Crippen LogP contribution in [0.2, 0.25) is 10.0 Å². The third kappa shape index (κ3) is 10.2. The maximum atomic E-state index is 12.2. The quantitative estimate of drug-likeness (QED) is 0.118. The summed E-state index contributed by atoms with van der Waals surface area (Å²) in [5.74, 6) is 0.885. The molecule has 0 aromatic heterocycles. The molecule has 0 saturated heterocycles. The van der Waals surface area contributed by atoms with Crippen LogP contribution in [0.25, 0.3) is 12.2 Å². The largest absolute Gasteiger partial charge is 0.495 e. The standard InChI is InChI=1S/2C18H17BrClNO2/c2*1-21(2)16-7-4-12(10-14(16)19)5-8-17(22)13-6-9-18(23-3)15(20)11-13/h2*4-11H,1-3H3/b2*8-5+. The Kier molecular flexibility index (Phi) is 13.9. The lowest BCUT2D eigenvalue weighted by Gasteiger charge is -2.14. The van der Waals surface area contributed by atoms with Crippen LogP contribution in [0.5, 0.6) is 11.5 Å². The van der Waals surface area contributed by atoms with Gasteiger partial charge in [0.2, 0.25) is 0 Å². The van der Waals surface area contributed by atoms with Gasteiger partial charge in [0.05, 0.1) is 35.6 Å². The van der Waals surface area contributed by atoms with Gasteiger partial charge in [0.25, 0.3) is 0 Å². The Labute approximate surface area is 297 Å². The summed E-state index contributed by atoms with van der Waals surface area (Å²) in [6, 6.07) is 21.9. The minimum absolute atomic E-state index is 0.109. The number of carbonyl (C=O) groups is 2. The first-order valence-corrected chi connectivity index (χ1v) is 16.2. The van der Waals surface area contributed by atoms with Crippen LogP contribution in [-0.2, 0) is 0 Å². The summed E-state index contributed by atoms with van der Waals surface area (Å²) in [6.07, 6.45) is 6.64. The fourth-order valence-electron chi connectivity index (χ4n) is 4.15. The molecule has 0 atom stereocenters. The Balaban J connectivity index is 0.000000250. The summed E-state index contributed by atoms with van der Waals surface area (Å²) in [5, 5.41) is 0.842. The second kappa shape index (κ2) is 17.4. The van der Waals surface area contributed by atoms with E-state index in [2.05, 4.69) is 31.9 Å². The molecule has 0 amide bonds. The molecule has 0 saturated carbocycles. The molecule has 0 radical (unpaired) electrons. The zero-order valence-corrected chi connectivity index (χ0v) is 31.0. The lowest BCUT2D eigenvalue weighted by atomic mass is 10.1. The highest BCUT2D eigenvalue weighted by Gasteiger charge is 2.09. The lowest BCUT2D eigenvalue weighted by molar-refractivity contribution is 0.103. The first-order chi connectivity index (χ1) is 21.8. The van der Waals surface area contributed by atoms with Crippen molar-refractivity contribution in [1.82, 2.24) is 0 Å². The average Bonchev–Trinajstić information content (AvgIpc) is 3.02. The molecule has 0 aliphatic rings. The molecule has 0 heterocycles. The summed E-state index contributed by atoms with van der Waals surface area (Å²) in [6.45, 7) is 0. The number of ketones is 2. The predicted molar refractivity (Wildman–Crippen MR) is 200 cm³/mol. The highest BCUT2D eigenvalue weighted by atomic mass is 79.9. The minimum atomic E-state index is -0.109. The lowest BCUT2D eigenvalue weighted by Crippen LogP contribution is -2.09. The van der Waals surface area contributed by atoms with Crippen molar-refractivity contribution in [3.05, 3.63) is 126 Å². The van der Waals surface area contributed by atoms with E-state index in [9.17, 15) is 9.59 Å². The van der Waals surface area contributed by atoms with E-state index in [4.69, 9.17) is 32.7 Å². The number of allylic oxidation sites excluding steroid dienone is 2. The van der Waals surface area contributed by atoms with E-state index in [1.807, 2.05) is 74.4 Å². The molecule has 6 nitrogen and oxygen atoms in total. The van der Waals surface area contributed by atoms with Crippen molar-refractivity contribution in [2.45, 2.75) is 0 Å². The molecular formula is C36H34Br2Cl2N2O4. The highest BCUT2D eigenvalue weighted by Crippen LogP contribution is 2.29. The number of hydrogen-bond acceptors (Lipinski definition) is 6. The van der Waals surface area contributed by atoms with Crippen LogP contribution in [0.1, 0.15) is 31.8 Å². The van der Waals surface area contributed by atoms with Gasteiger partial charge >= 0.3 is 0 Å². The van der Waals surface area contributed by atoms with Gasteiger partial charge in [-0.25, -0.2) is 0 Å². The fourth-order valence-corrected chi connectivity index (χ4v) is 6.17. The predicted octanol–water partition coefficient (Wildman–Crippen LogP) is 10.1. The van der Waals surface area contributed by atoms with Crippen LogP contribution in [0.15, 0.2) is 93.9 Å². The van der Waals surface area contributed by atoms with Crippen molar-refractivity contribution in [3.63, 3.8) is 0 Å². The second-order valence-corrected chi connectivity index (χ2v) is 12.8. The zero-order chi connectivity index (χ0) is 34.0. The van der Waals surface area contributed by atoms with Crippen molar-refractivity contribution in [3.8, 4) is 11.5 Å². The summed E-state index contributed by atoms with van der Waals surface area (Å²) >= 11 is 19.2. The molecule has 0 bridgehead atoms. The van der Waals surface area contributed by atoms with Crippen molar-refractivity contribution in [1.29, 1.82) is 0 Å². The zero-order valence-electron chi connectivity index (χ0n) is 26.3. The molecule has 0 spiro atoms. The number of rotatable bonds is 10. The molecule has 10 heteroatoms. The Morgan fingerprint density at radius 2 is 0.978 bits per heavy atom. The molecular weight excluding hydrogens is 755 g/mol. The molecule has 0 aliphatic heterocycles. The average molecular weight is 789 g/mol. The number of methoxy groups -OCH3 is 2. The van der Waals surface area contributed by atoms with Gasteiger partial charge in [0.15, 0.2) is 11.6 Å².